The van der Waals surface area contributed by atoms with Crippen LogP contribution in [0.1, 0.15) is 28.8 Å². The third kappa shape index (κ3) is 3.65. The Balaban J connectivity index is 1.68. The van der Waals surface area contributed by atoms with Gasteiger partial charge in [-0.25, -0.2) is 8.78 Å². The number of oxazole rings is 1. The highest BCUT2D eigenvalue weighted by Crippen LogP contribution is 2.38. The Bertz CT molecular complexity index is 1110. The van der Waals surface area contributed by atoms with Crippen LogP contribution in [-0.4, -0.2) is 16.2 Å². The van der Waals surface area contributed by atoms with E-state index < -0.39 is 35.0 Å². The second-order valence-electron chi connectivity index (χ2n) is 7.18. The molecule has 1 aliphatic rings. The number of nitrogens with one attached hydrogen (secondary N) is 1. The molecule has 30 heavy (non-hydrogen) atoms. The minimum atomic E-state index is -5.01. The van der Waals surface area contributed by atoms with Gasteiger partial charge in [0, 0.05) is 12.1 Å². The lowest BCUT2D eigenvalue weighted by Crippen LogP contribution is -2.19. The zero-order valence-electron chi connectivity index (χ0n) is 15.8. The number of aliphatic hydroxyl groups is 1. The predicted octanol–water partition coefficient (Wildman–Crippen LogP) is 5.54. The summed E-state index contributed by atoms with van der Waals surface area (Å²) in [6.45, 7) is 1.48. The smallest absolute Gasteiger partial charge is 0.419 e. The van der Waals surface area contributed by atoms with Crippen LogP contribution in [0.25, 0.3) is 11.3 Å². The highest BCUT2D eigenvalue weighted by Gasteiger charge is 2.36. The third-order valence-corrected chi connectivity index (χ3v) is 5.13. The molecule has 2 N–H and O–H groups in total. The first-order valence-corrected chi connectivity index (χ1v) is 9.24. The molecule has 0 amide bonds. The first kappa shape index (κ1) is 20.3. The van der Waals surface area contributed by atoms with E-state index in [1.165, 1.54) is 6.92 Å². The van der Waals surface area contributed by atoms with E-state index in [1.54, 1.807) is 6.07 Å². The highest BCUT2D eigenvalue weighted by atomic mass is 19.4. The SMILES string of the molecule is Cc1nc(Nc2cccc3c2C[C@H](O)CC3)oc1-c1ccc(C(F)(F)F)c(F)c1F. The second-order valence-corrected chi connectivity index (χ2v) is 7.18. The lowest BCUT2D eigenvalue weighted by Gasteiger charge is -2.23. The van der Waals surface area contributed by atoms with Crippen LogP contribution in [0.5, 0.6) is 0 Å². The summed E-state index contributed by atoms with van der Waals surface area (Å²) in [7, 11) is 0. The Morgan fingerprint density at radius 2 is 1.90 bits per heavy atom. The predicted molar refractivity (Wildman–Crippen MR) is 99.4 cm³/mol. The van der Waals surface area contributed by atoms with Crippen molar-refractivity contribution in [1.29, 1.82) is 0 Å². The van der Waals surface area contributed by atoms with Crippen molar-refractivity contribution >= 4 is 11.7 Å². The Hall–Kier alpha value is -2.94. The molecular weight excluding hydrogens is 407 g/mol. The number of rotatable bonds is 3. The number of aromatic nitrogens is 1. The van der Waals surface area contributed by atoms with Gasteiger partial charge in [-0.1, -0.05) is 12.1 Å². The standard InChI is InChI=1S/C21H17F5N2O2/c1-10-19(13-7-8-15(21(24,25)26)18(23)17(13)22)30-20(27-10)28-16-4-2-3-11-5-6-12(29)9-14(11)16/h2-4,7-8,12,29H,5-6,9H2,1H3,(H,27,28)/t12-/m1/s1. The molecule has 0 bridgehead atoms. The number of nitrogens with zero attached hydrogens (tertiary/aromatic N) is 1. The van der Waals surface area contributed by atoms with Crippen LogP contribution in [0.4, 0.5) is 33.7 Å². The van der Waals surface area contributed by atoms with Gasteiger partial charge in [0.15, 0.2) is 17.4 Å². The molecule has 4 rings (SSSR count). The van der Waals surface area contributed by atoms with Gasteiger partial charge in [0.1, 0.15) is 0 Å². The average Bonchev–Trinajstić information content (AvgIpc) is 3.03. The van der Waals surface area contributed by atoms with Gasteiger partial charge in [0.05, 0.1) is 22.9 Å². The summed E-state index contributed by atoms with van der Waals surface area (Å²) in [5.74, 6) is -3.82. The quantitative estimate of drug-likeness (QED) is 0.542. The maximum atomic E-state index is 14.4. The minimum absolute atomic E-state index is 0.0179. The van der Waals surface area contributed by atoms with Gasteiger partial charge in [-0.2, -0.15) is 18.2 Å². The summed E-state index contributed by atoms with van der Waals surface area (Å²) >= 11 is 0. The molecule has 3 aromatic rings. The van der Waals surface area contributed by atoms with Crippen LogP contribution < -0.4 is 5.32 Å². The maximum Gasteiger partial charge on any atom is 0.419 e. The van der Waals surface area contributed by atoms with Crippen LogP contribution in [0.15, 0.2) is 34.7 Å². The highest BCUT2D eigenvalue weighted by molar-refractivity contribution is 5.66. The van der Waals surface area contributed by atoms with E-state index >= 15 is 0 Å². The number of fused-ring (bicyclic) bond motifs is 1. The van der Waals surface area contributed by atoms with Crippen LogP contribution >= 0.6 is 0 Å². The number of aliphatic hydroxyl groups excluding tert-OH is 1. The lowest BCUT2D eigenvalue weighted by atomic mass is 9.88. The molecule has 0 radical (unpaired) electrons. The van der Waals surface area contributed by atoms with Crippen molar-refractivity contribution < 1.29 is 31.5 Å². The van der Waals surface area contributed by atoms with E-state index in [0.717, 1.165) is 23.6 Å². The number of benzene rings is 2. The van der Waals surface area contributed by atoms with Crippen molar-refractivity contribution in [3.05, 3.63) is 64.4 Å². The summed E-state index contributed by atoms with van der Waals surface area (Å²) in [4.78, 5) is 4.14. The Morgan fingerprint density at radius 3 is 2.63 bits per heavy atom. The molecule has 1 atom stereocenters. The van der Waals surface area contributed by atoms with Gasteiger partial charge in [-0.3, -0.25) is 0 Å². The van der Waals surface area contributed by atoms with Gasteiger partial charge in [0.25, 0.3) is 6.01 Å². The Morgan fingerprint density at radius 1 is 1.13 bits per heavy atom. The molecule has 0 spiro atoms. The van der Waals surface area contributed by atoms with Crippen molar-refractivity contribution in [2.75, 3.05) is 5.32 Å². The fourth-order valence-corrected chi connectivity index (χ4v) is 3.65. The summed E-state index contributed by atoms with van der Waals surface area (Å²) in [5, 5.41) is 12.9. The third-order valence-electron chi connectivity index (χ3n) is 5.13. The zero-order chi connectivity index (χ0) is 21.6. The molecule has 9 heteroatoms. The van der Waals surface area contributed by atoms with E-state index in [0.29, 0.717) is 24.6 Å². The summed E-state index contributed by atoms with van der Waals surface area (Å²) < 4.78 is 72.2. The number of alkyl halides is 3. The second kappa shape index (κ2) is 7.39. The first-order chi connectivity index (χ1) is 14.1. The van der Waals surface area contributed by atoms with Crippen LogP contribution in [-0.2, 0) is 19.0 Å². The molecule has 0 aliphatic heterocycles. The topological polar surface area (TPSA) is 58.3 Å². The molecule has 1 heterocycles. The van der Waals surface area contributed by atoms with Crippen molar-refractivity contribution in [3.63, 3.8) is 0 Å². The molecule has 0 fully saturated rings. The molecule has 0 saturated heterocycles. The van der Waals surface area contributed by atoms with Gasteiger partial charge >= 0.3 is 6.18 Å². The van der Waals surface area contributed by atoms with E-state index in [4.69, 9.17) is 4.42 Å². The number of hydrogen-bond acceptors (Lipinski definition) is 4. The van der Waals surface area contributed by atoms with Crippen molar-refractivity contribution in [1.82, 2.24) is 4.98 Å². The number of aryl methyl sites for hydroxylation is 2. The lowest BCUT2D eigenvalue weighted by molar-refractivity contribution is -0.140. The van der Waals surface area contributed by atoms with Gasteiger partial charge < -0.3 is 14.8 Å². The van der Waals surface area contributed by atoms with Crippen LogP contribution in [0, 0.1) is 18.6 Å². The summed E-state index contributed by atoms with van der Waals surface area (Å²) in [6.07, 6.45) is -3.64. The molecular formula is C21H17F5N2O2. The minimum Gasteiger partial charge on any atom is -0.423 e. The van der Waals surface area contributed by atoms with Crippen LogP contribution in [0.3, 0.4) is 0 Å². The molecule has 158 valence electrons. The van der Waals surface area contributed by atoms with Gasteiger partial charge in [0.2, 0.25) is 0 Å². The normalized spacial score (nSPS) is 16.4. The molecule has 0 saturated carbocycles. The van der Waals surface area contributed by atoms with E-state index in [2.05, 4.69) is 10.3 Å². The zero-order valence-corrected chi connectivity index (χ0v) is 15.8. The molecule has 1 aromatic heterocycles. The first-order valence-electron chi connectivity index (χ1n) is 9.24. The monoisotopic (exact) mass is 424 g/mol. The van der Waals surface area contributed by atoms with Gasteiger partial charge in [-0.05, 0) is 49.1 Å². The Labute approximate surface area is 168 Å². The fraction of sp³-hybridized carbons (Fsp3) is 0.286. The molecule has 4 nitrogen and oxygen atoms in total. The van der Waals surface area contributed by atoms with Crippen molar-refractivity contribution in [2.45, 2.75) is 38.5 Å². The van der Waals surface area contributed by atoms with E-state index in [-0.39, 0.29) is 17.5 Å². The van der Waals surface area contributed by atoms with Gasteiger partial charge in [-0.15, -0.1) is 0 Å². The largest absolute Gasteiger partial charge is 0.423 e. The molecule has 0 unspecified atom stereocenters. The van der Waals surface area contributed by atoms with Crippen molar-refractivity contribution in [3.8, 4) is 11.3 Å². The fourth-order valence-electron chi connectivity index (χ4n) is 3.65. The maximum absolute atomic E-state index is 14.4. The summed E-state index contributed by atoms with van der Waals surface area (Å²) in [6, 6.07) is 6.83. The van der Waals surface area contributed by atoms with Crippen LogP contribution in [0.2, 0.25) is 0 Å². The molecule has 1 aliphatic carbocycles. The van der Waals surface area contributed by atoms with Crippen molar-refractivity contribution in [2.24, 2.45) is 0 Å². The number of anilines is 2. The Kier molecular flexibility index (Phi) is 5.01. The van der Waals surface area contributed by atoms with E-state index in [9.17, 15) is 27.1 Å². The number of halogens is 5. The molecule has 2 aromatic carbocycles. The van der Waals surface area contributed by atoms with E-state index in [1.807, 2.05) is 12.1 Å². The summed E-state index contributed by atoms with van der Waals surface area (Å²) in [5.41, 5.74) is 0.668. The number of hydrogen-bond donors (Lipinski definition) is 2. The average molecular weight is 424 g/mol.